The normalized spacial score (nSPS) is 18.6. The SMILES string of the molecule is C=CCN1C(=O)NC(c2cccc(OC)c2)C2=C1CN(Cc1ccccn1)C2=O. The van der Waals surface area contributed by atoms with Crippen LogP contribution in [0.4, 0.5) is 4.79 Å². The molecule has 148 valence electrons. The first-order valence-electron chi connectivity index (χ1n) is 9.37. The summed E-state index contributed by atoms with van der Waals surface area (Å²) in [5.74, 6) is 0.566. The fraction of sp³-hybridized carbons (Fsp3) is 0.227. The van der Waals surface area contributed by atoms with Gasteiger partial charge >= 0.3 is 6.03 Å². The van der Waals surface area contributed by atoms with E-state index in [0.717, 1.165) is 11.3 Å². The predicted octanol–water partition coefficient (Wildman–Crippen LogP) is 2.64. The first-order chi connectivity index (χ1) is 14.1. The monoisotopic (exact) mass is 390 g/mol. The lowest BCUT2D eigenvalue weighted by Crippen LogP contribution is -2.47. The van der Waals surface area contributed by atoms with Crippen LogP contribution in [0.3, 0.4) is 0 Å². The van der Waals surface area contributed by atoms with Crippen molar-refractivity contribution in [3.63, 3.8) is 0 Å². The molecule has 0 radical (unpaired) electrons. The third kappa shape index (κ3) is 3.47. The maximum Gasteiger partial charge on any atom is 0.322 e. The van der Waals surface area contributed by atoms with Crippen molar-refractivity contribution in [2.75, 3.05) is 20.2 Å². The van der Waals surface area contributed by atoms with Crippen LogP contribution >= 0.6 is 0 Å². The van der Waals surface area contributed by atoms with Gasteiger partial charge in [-0.25, -0.2) is 4.79 Å². The van der Waals surface area contributed by atoms with Gasteiger partial charge in [0.2, 0.25) is 0 Å². The first kappa shape index (κ1) is 18.7. The van der Waals surface area contributed by atoms with Crippen LogP contribution in [0.25, 0.3) is 0 Å². The van der Waals surface area contributed by atoms with E-state index in [4.69, 9.17) is 4.74 Å². The predicted molar refractivity (Wildman–Crippen MR) is 108 cm³/mol. The molecule has 3 amide bonds. The number of hydrogen-bond donors (Lipinski definition) is 1. The Morgan fingerprint density at radius 1 is 1.28 bits per heavy atom. The molecule has 1 aromatic carbocycles. The number of benzene rings is 1. The fourth-order valence-corrected chi connectivity index (χ4v) is 3.76. The molecule has 7 heteroatoms. The van der Waals surface area contributed by atoms with Crippen molar-refractivity contribution in [1.82, 2.24) is 20.1 Å². The molecule has 0 fully saturated rings. The Bertz CT molecular complexity index is 987. The van der Waals surface area contributed by atoms with Crippen molar-refractivity contribution in [3.8, 4) is 5.75 Å². The minimum Gasteiger partial charge on any atom is -0.497 e. The number of amides is 3. The summed E-state index contributed by atoms with van der Waals surface area (Å²) < 4.78 is 5.31. The molecular weight excluding hydrogens is 368 g/mol. The molecule has 0 saturated carbocycles. The van der Waals surface area contributed by atoms with Crippen LogP contribution in [-0.2, 0) is 11.3 Å². The quantitative estimate of drug-likeness (QED) is 0.770. The first-order valence-corrected chi connectivity index (χ1v) is 9.37. The Kier molecular flexibility index (Phi) is 5.03. The van der Waals surface area contributed by atoms with Crippen molar-refractivity contribution < 1.29 is 14.3 Å². The lowest BCUT2D eigenvalue weighted by atomic mass is 9.95. The number of nitrogens with zero attached hydrogens (tertiary/aromatic N) is 3. The zero-order chi connectivity index (χ0) is 20.4. The summed E-state index contributed by atoms with van der Waals surface area (Å²) in [7, 11) is 1.59. The van der Waals surface area contributed by atoms with E-state index in [1.54, 1.807) is 29.2 Å². The van der Waals surface area contributed by atoms with E-state index >= 15 is 0 Å². The highest BCUT2D eigenvalue weighted by atomic mass is 16.5. The number of urea groups is 1. The Morgan fingerprint density at radius 3 is 2.86 bits per heavy atom. The molecule has 0 aliphatic carbocycles. The van der Waals surface area contributed by atoms with E-state index in [9.17, 15) is 9.59 Å². The van der Waals surface area contributed by atoms with Gasteiger partial charge in [0.15, 0.2) is 0 Å². The van der Waals surface area contributed by atoms with Crippen molar-refractivity contribution in [1.29, 1.82) is 0 Å². The zero-order valence-electron chi connectivity index (χ0n) is 16.2. The van der Waals surface area contributed by atoms with E-state index in [1.807, 2.05) is 42.5 Å². The number of hydrogen-bond acceptors (Lipinski definition) is 4. The topological polar surface area (TPSA) is 74.8 Å². The van der Waals surface area contributed by atoms with E-state index in [1.165, 1.54) is 0 Å². The summed E-state index contributed by atoms with van der Waals surface area (Å²) in [5, 5.41) is 2.97. The van der Waals surface area contributed by atoms with Gasteiger partial charge in [-0.3, -0.25) is 14.7 Å². The Labute approximate surface area is 169 Å². The molecular formula is C22H22N4O3. The summed E-state index contributed by atoms with van der Waals surface area (Å²) in [6.45, 7) is 4.81. The highest BCUT2D eigenvalue weighted by Crippen LogP contribution is 2.37. The number of nitrogens with one attached hydrogen (secondary N) is 1. The average Bonchev–Trinajstić information content (AvgIpc) is 3.07. The van der Waals surface area contributed by atoms with E-state index in [-0.39, 0.29) is 11.9 Å². The second kappa shape index (κ2) is 7.79. The van der Waals surface area contributed by atoms with Crippen LogP contribution in [0, 0.1) is 0 Å². The molecule has 1 unspecified atom stereocenters. The van der Waals surface area contributed by atoms with Gasteiger partial charge in [-0.2, -0.15) is 0 Å². The van der Waals surface area contributed by atoms with Gasteiger partial charge in [0.25, 0.3) is 5.91 Å². The Balaban J connectivity index is 1.72. The molecule has 2 aliphatic heterocycles. The number of aromatic nitrogens is 1. The molecule has 1 aromatic heterocycles. The molecule has 4 rings (SSSR count). The van der Waals surface area contributed by atoms with Crippen LogP contribution < -0.4 is 10.1 Å². The molecule has 2 aromatic rings. The average molecular weight is 390 g/mol. The van der Waals surface area contributed by atoms with Gasteiger partial charge < -0.3 is 15.0 Å². The van der Waals surface area contributed by atoms with Crippen LogP contribution in [0.1, 0.15) is 17.3 Å². The van der Waals surface area contributed by atoms with Crippen molar-refractivity contribution >= 4 is 11.9 Å². The van der Waals surface area contributed by atoms with Gasteiger partial charge in [-0.05, 0) is 29.8 Å². The summed E-state index contributed by atoms with van der Waals surface area (Å²) in [5.41, 5.74) is 2.89. The molecule has 2 aliphatic rings. The van der Waals surface area contributed by atoms with Gasteiger partial charge in [0.1, 0.15) is 5.75 Å². The minimum atomic E-state index is -0.533. The molecule has 1 N–H and O–H groups in total. The van der Waals surface area contributed by atoms with E-state index in [2.05, 4.69) is 16.9 Å². The van der Waals surface area contributed by atoms with E-state index in [0.29, 0.717) is 36.7 Å². The Morgan fingerprint density at radius 2 is 2.14 bits per heavy atom. The molecule has 1 atom stereocenters. The van der Waals surface area contributed by atoms with Gasteiger partial charge in [0.05, 0.1) is 43.2 Å². The highest BCUT2D eigenvalue weighted by molar-refractivity contribution is 6.01. The largest absolute Gasteiger partial charge is 0.497 e. The van der Waals surface area contributed by atoms with Crippen LogP contribution in [0.2, 0.25) is 0 Å². The maximum atomic E-state index is 13.3. The van der Waals surface area contributed by atoms with Crippen LogP contribution in [0.5, 0.6) is 5.75 Å². The summed E-state index contributed by atoms with van der Waals surface area (Å²) in [6.07, 6.45) is 3.36. The van der Waals surface area contributed by atoms with Gasteiger partial charge in [-0.1, -0.05) is 24.3 Å². The smallest absolute Gasteiger partial charge is 0.322 e. The molecule has 0 spiro atoms. The van der Waals surface area contributed by atoms with Crippen LogP contribution in [-0.4, -0.2) is 46.9 Å². The molecule has 0 bridgehead atoms. The second-order valence-electron chi connectivity index (χ2n) is 6.90. The molecule has 7 nitrogen and oxygen atoms in total. The van der Waals surface area contributed by atoms with Crippen molar-refractivity contribution in [3.05, 3.63) is 83.8 Å². The number of carbonyl (C=O) groups excluding carboxylic acids is 2. The minimum absolute atomic E-state index is 0.104. The fourth-order valence-electron chi connectivity index (χ4n) is 3.76. The third-order valence-corrected chi connectivity index (χ3v) is 5.11. The zero-order valence-corrected chi connectivity index (χ0v) is 16.2. The number of rotatable bonds is 6. The Hall–Kier alpha value is -3.61. The van der Waals surface area contributed by atoms with Crippen molar-refractivity contribution in [2.45, 2.75) is 12.6 Å². The second-order valence-corrected chi connectivity index (χ2v) is 6.90. The number of ether oxygens (including phenoxy) is 1. The number of pyridine rings is 1. The van der Waals surface area contributed by atoms with Gasteiger partial charge in [-0.15, -0.1) is 6.58 Å². The van der Waals surface area contributed by atoms with Crippen molar-refractivity contribution in [2.24, 2.45) is 0 Å². The highest BCUT2D eigenvalue weighted by Gasteiger charge is 2.43. The molecule has 29 heavy (non-hydrogen) atoms. The summed E-state index contributed by atoms with van der Waals surface area (Å²) in [6, 6.07) is 12.2. The van der Waals surface area contributed by atoms with Gasteiger partial charge in [0, 0.05) is 12.7 Å². The number of carbonyl (C=O) groups is 2. The third-order valence-electron chi connectivity index (χ3n) is 5.11. The molecule has 0 saturated heterocycles. The maximum absolute atomic E-state index is 13.3. The summed E-state index contributed by atoms with van der Waals surface area (Å²) in [4.78, 5) is 33.8. The summed E-state index contributed by atoms with van der Waals surface area (Å²) >= 11 is 0. The lowest BCUT2D eigenvalue weighted by molar-refractivity contribution is -0.126. The van der Waals surface area contributed by atoms with Crippen LogP contribution in [0.15, 0.2) is 72.6 Å². The molecule has 3 heterocycles. The lowest BCUT2D eigenvalue weighted by Gasteiger charge is -2.33. The number of methoxy groups -OCH3 is 1. The standard InChI is InChI=1S/C22H22N4O3/c1-3-11-26-18-14-25(13-16-8-4-5-10-23-16)21(27)19(18)20(24-22(26)28)15-7-6-9-17(12-15)29-2/h3-10,12,20H,1,11,13-14H2,2H3,(H,24,28). The van der Waals surface area contributed by atoms with E-state index < -0.39 is 6.04 Å².